The smallest absolute Gasteiger partial charge is 0.279 e. The Labute approximate surface area is 107 Å². The number of carbonyl (C=O) groups is 1. The Bertz CT molecular complexity index is 681. The lowest BCUT2D eigenvalue weighted by atomic mass is 10.2. The maximum absolute atomic E-state index is 11.5. The number of hydrogen-bond acceptors (Lipinski definition) is 5. The number of aromatic amines is 1. The second kappa shape index (κ2) is 4.66. The van der Waals surface area contributed by atoms with Crippen molar-refractivity contribution in [1.82, 2.24) is 9.97 Å². The number of rotatable bonds is 3. The number of hydrogen-bond donors (Lipinski definition) is 1. The molecule has 1 heterocycles. The van der Waals surface area contributed by atoms with Crippen LogP contribution in [0.5, 0.6) is 11.5 Å². The van der Waals surface area contributed by atoms with E-state index in [1.807, 2.05) is 0 Å². The summed E-state index contributed by atoms with van der Waals surface area (Å²) in [5, 5.41) is -0.909. The summed E-state index contributed by atoms with van der Waals surface area (Å²) in [6, 6.07) is 3.11. The normalized spacial score (nSPS) is 10.4. The first-order valence-corrected chi connectivity index (χ1v) is 5.30. The van der Waals surface area contributed by atoms with Crippen molar-refractivity contribution in [3.8, 4) is 11.5 Å². The van der Waals surface area contributed by atoms with Gasteiger partial charge in [0, 0.05) is 12.1 Å². The average Bonchev–Trinajstić information content (AvgIpc) is 2.36. The number of fused-ring (bicyclic) bond motifs is 1. The van der Waals surface area contributed by atoms with Gasteiger partial charge in [-0.1, -0.05) is 0 Å². The molecule has 0 unspecified atom stereocenters. The molecule has 18 heavy (non-hydrogen) atoms. The van der Waals surface area contributed by atoms with E-state index in [1.165, 1.54) is 14.2 Å². The van der Waals surface area contributed by atoms with Crippen LogP contribution in [-0.2, 0) is 0 Å². The second-order valence-corrected chi connectivity index (χ2v) is 3.76. The van der Waals surface area contributed by atoms with Crippen LogP contribution in [-0.4, -0.2) is 29.4 Å². The maximum atomic E-state index is 11.5. The van der Waals surface area contributed by atoms with Crippen LogP contribution in [0.25, 0.3) is 11.0 Å². The average molecular weight is 269 g/mol. The third kappa shape index (κ3) is 2.02. The van der Waals surface area contributed by atoms with Gasteiger partial charge in [0.15, 0.2) is 17.2 Å². The molecule has 94 valence electrons. The summed E-state index contributed by atoms with van der Waals surface area (Å²) in [5.41, 5.74) is -0.179. The molecule has 1 N–H and O–H groups in total. The fraction of sp³-hybridized carbons (Fsp3) is 0.182. The first kappa shape index (κ1) is 12.4. The molecule has 2 rings (SSSR count). The van der Waals surface area contributed by atoms with Gasteiger partial charge in [0.25, 0.3) is 10.8 Å². The number of halogens is 1. The standard InChI is InChI=1S/C11H9ClN2O4/c1-17-7-3-5-6(4-8(7)18-2)14-11(16)9(13-5)10(12)15/h3-4H,1-2H3,(H,14,16). The van der Waals surface area contributed by atoms with Crippen molar-refractivity contribution in [3.05, 3.63) is 28.2 Å². The van der Waals surface area contributed by atoms with Crippen LogP contribution in [0.2, 0.25) is 0 Å². The number of nitrogens with one attached hydrogen (secondary N) is 1. The van der Waals surface area contributed by atoms with Gasteiger partial charge in [-0.3, -0.25) is 9.59 Å². The molecule has 0 saturated carbocycles. The van der Waals surface area contributed by atoms with Crippen LogP contribution in [0.15, 0.2) is 16.9 Å². The summed E-state index contributed by atoms with van der Waals surface area (Å²) >= 11 is 5.26. The van der Waals surface area contributed by atoms with Crippen LogP contribution in [0, 0.1) is 0 Å². The van der Waals surface area contributed by atoms with Crippen LogP contribution >= 0.6 is 11.6 Å². The Morgan fingerprint density at radius 1 is 1.28 bits per heavy atom. The summed E-state index contributed by atoms with van der Waals surface area (Å²) < 4.78 is 10.2. The van der Waals surface area contributed by atoms with Gasteiger partial charge < -0.3 is 14.5 Å². The molecular formula is C11H9ClN2O4. The third-order valence-electron chi connectivity index (χ3n) is 2.38. The number of aromatic nitrogens is 2. The number of nitrogens with zero attached hydrogens (tertiary/aromatic N) is 1. The summed E-state index contributed by atoms with van der Waals surface area (Å²) in [7, 11) is 2.95. The fourth-order valence-electron chi connectivity index (χ4n) is 1.55. The predicted octanol–water partition coefficient (Wildman–Crippen LogP) is 1.32. The van der Waals surface area contributed by atoms with E-state index < -0.39 is 10.8 Å². The molecular weight excluding hydrogens is 260 g/mol. The first-order chi connectivity index (χ1) is 8.56. The van der Waals surface area contributed by atoms with E-state index in [2.05, 4.69) is 9.97 Å². The molecule has 0 fully saturated rings. The van der Waals surface area contributed by atoms with E-state index in [0.29, 0.717) is 22.5 Å². The van der Waals surface area contributed by atoms with Gasteiger partial charge in [-0.2, -0.15) is 0 Å². The van der Waals surface area contributed by atoms with E-state index in [1.54, 1.807) is 12.1 Å². The van der Waals surface area contributed by atoms with E-state index >= 15 is 0 Å². The van der Waals surface area contributed by atoms with Crippen LogP contribution in [0.1, 0.15) is 10.5 Å². The monoisotopic (exact) mass is 268 g/mol. The molecule has 1 aromatic heterocycles. The van der Waals surface area contributed by atoms with Gasteiger partial charge in [-0.15, -0.1) is 0 Å². The molecule has 0 radical (unpaired) electrons. The molecule has 0 amide bonds. The van der Waals surface area contributed by atoms with Crippen molar-refractivity contribution in [1.29, 1.82) is 0 Å². The van der Waals surface area contributed by atoms with E-state index in [4.69, 9.17) is 21.1 Å². The Hall–Kier alpha value is -2.08. The van der Waals surface area contributed by atoms with E-state index in [-0.39, 0.29) is 5.69 Å². The largest absolute Gasteiger partial charge is 0.493 e. The fourth-order valence-corrected chi connectivity index (χ4v) is 1.67. The molecule has 0 atom stereocenters. The highest BCUT2D eigenvalue weighted by atomic mass is 35.5. The van der Waals surface area contributed by atoms with E-state index in [0.717, 1.165) is 0 Å². The highest BCUT2D eigenvalue weighted by Crippen LogP contribution is 2.30. The van der Waals surface area contributed by atoms with Crippen LogP contribution in [0.3, 0.4) is 0 Å². The molecule has 7 heteroatoms. The van der Waals surface area contributed by atoms with Gasteiger partial charge in [0.1, 0.15) is 0 Å². The van der Waals surface area contributed by atoms with Crippen molar-refractivity contribution in [3.63, 3.8) is 0 Å². The third-order valence-corrected chi connectivity index (χ3v) is 2.56. The molecule has 0 bridgehead atoms. The molecule has 2 aromatic rings. The SMILES string of the molecule is COc1cc2nc(C(=O)Cl)c(=O)[nH]c2cc1OC. The second-order valence-electron chi connectivity index (χ2n) is 3.41. The summed E-state index contributed by atoms with van der Waals surface area (Å²) in [6.45, 7) is 0. The molecule has 6 nitrogen and oxygen atoms in total. The minimum atomic E-state index is -0.909. The van der Waals surface area contributed by atoms with Crippen molar-refractivity contribution < 1.29 is 14.3 Å². The minimum Gasteiger partial charge on any atom is -0.493 e. The molecule has 1 aromatic carbocycles. The molecule has 0 aliphatic rings. The molecule has 0 aliphatic carbocycles. The van der Waals surface area contributed by atoms with Gasteiger partial charge in [-0.05, 0) is 11.6 Å². The number of H-pyrrole nitrogens is 1. The number of methoxy groups -OCH3 is 2. The molecule has 0 saturated heterocycles. The van der Waals surface area contributed by atoms with Crippen LogP contribution < -0.4 is 15.0 Å². The zero-order valence-electron chi connectivity index (χ0n) is 9.61. The molecule has 0 spiro atoms. The highest BCUT2D eigenvalue weighted by Gasteiger charge is 2.13. The van der Waals surface area contributed by atoms with Crippen molar-refractivity contribution in [2.45, 2.75) is 0 Å². The zero-order chi connectivity index (χ0) is 13.3. The quantitative estimate of drug-likeness (QED) is 0.849. The molecule has 0 aliphatic heterocycles. The lowest BCUT2D eigenvalue weighted by Gasteiger charge is -2.08. The summed E-state index contributed by atoms with van der Waals surface area (Å²) in [4.78, 5) is 29.0. The lowest BCUT2D eigenvalue weighted by Crippen LogP contribution is -2.17. The van der Waals surface area contributed by atoms with Crippen LogP contribution in [0.4, 0.5) is 0 Å². The number of carbonyl (C=O) groups excluding carboxylic acids is 1. The Morgan fingerprint density at radius 2 is 1.89 bits per heavy atom. The number of benzene rings is 1. The van der Waals surface area contributed by atoms with Crippen molar-refractivity contribution in [2.75, 3.05) is 14.2 Å². The van der Waals surface area contributed by atoms with E-state index in [9.17, 15) is 9.59 Å². The number of ether oxygens (including phenoxy) is 2. The maximum Gasteiger partial charge on any atom is 0.279 e. The van der Waals surface area contributed by atoms with Gasteiger partial charge in [-0.25, -0.2) is 4.98 Å². The Morgan fingerprint density at radius 3 is 2.44 bits per heavy atom. The van der Waals surface area contributed by atoms with Gasteiger partial charge >= 0.3 is 0 Å². The van der Waals surface area contributed by atoms with Crippen molar-refractivity contribution in [2.24, 2.45) is 0 Å². The summed E-state index contributed by atoms with van der Waals surface area (Å²) in [5.74, 6) is 0.893. The first-order valence-electron chi connectivity index (χ1n) is 4.92. The van der Waals surface area contributed by atoms with Crippen molar-refractivity contribution >= 4 is 27.9 Å². The summed E-state index contributed by atoms with van der Waals surface area (Å²) in [6.07, 6.45) is 0. The topological polar surface area (TPSA) is 81.3 Å². The van der Waals surface area contributed by atoms with Gasteiger partial charge in [0.05, 0.1) is 25.3 Å². The Balaban J connectivity index is 2.78. The van der Waals surface area contributed by atoms with Gasteiger partial charge in [0.2, 0.25) is 0 Å². The highest BCUT2D eigenvalue weighted by molar-refractivity contribution is 6.67. The Kier molecular flexibility index (Phi) is 3.20. The lowest BCUT2D eigenvalue weighted by molar-refractivity contribution is 0.107. The minimum absolute atomic E-state index is 0.351. The predicted molar refractivity (Wildman–Crippen MR) is 65.7 cm³/mol. The zero-order valence-corrected chi connectivity index (χ0v) is 10.4.